The quantitative estimate of drug-likeness (QED) is 0.345. The molecule has 0 aliphatic heterocycles. The van der Waals surface area contributed by atoms with Gasteiger partial charge in [0.1, 0.15) is 5.03 Å². The molecule has 0 saturated carbocycles. The number of hydrogen-bond acceptors (Lipinski definition) is 4. The Balaban J connectivity index is 5.18. The van der Waals surface area contributed by atoms with Gasteiger partial charge in [-0.25, -0.2) is 0 Å². The molecule has 0 aliphatic rings. The van der Waals surface area contributed by atoms with E-state index in [9.17, 15) is 20.2 Å². The van der Waals surface area contributed by atoms with E-state index in [4.69, 9.17) is 58.0 Å². The van der Waals surface area contributed by atoms with Crippen LogP contribution >= 0.6 is 58.0 Å². The smallest absolute Gasteiger partial charge is 0.261 e. The van der Waals surface area contributed by atoms with Crippen LogP contribution in [0.15, 0.2) is 11.1 Å². The minimum Gasteiger partial charge on any atom is -0.261 e. The molecule has 15 heavy (non-hydrogen) atoms. The van der Waals surface area contributed by atoms with Crippen LogP contribution in [0.25, 0.3) is 0 Å². The summed E-state index contributed by atoms with van der Waals surface area (Å²) < 4.78 is -5.37. The summed E-state index contributed by atoms with van der Waals surface area (Å²) in [6, 6.07) is 0. The Morgan fingerprint density at radius 3 is 1.73 bits per heavy atom. The van der Waals surface area contributed by atoms with E-state index < -0.39 is 23.8 Å². The van der Waals surface area contributed by atoms with E-state index in [1.165, 1.54) is 0 Å². The van der Waals surface area contributed by atoms with Gasteiger partial charge < -0.3 is 0 Å². The van der Waals surface area contributed by atoms with Crippen molar-refractivity contribution in [3.63, 3.8) is 0 Å². The highest BCUT2D eigenvalue weighted by Crippen LogP contribution is 2.37. The Morgan fingerprint density at radius 2 is 1.47 bits per heavy atom. The van der Waals surface area contributed by atoms with Gasteiger partial charge in [-0.3, -0.25) is 20.2 Å². The lowest BCUT2D eigenvalue weighted by Crippen LogP contribution is -2.29. The number of hydrogen-bond donors (Lipinski definition) is 0. The lowest BCUT2D eigenvalue weighted by atomic mass is 10.4. The fourth-order valence-corrected chi connectivity index (χ4v) is 1.05. The maximum Gasteiger partial charge on any atom is 0.407 e. The van der Waals surface area contributed by atoms with Crippen molar-refractivity contribution in [3.05, 3.63) is 31.3 Å². The first kappa shape index (κ1) is 15.0. The first-order valence-electron chi connectivity index (χ1n) is 2.95. The highest BCUT2D eigenvalue weighted by Gasteiger charge is 2.47. The third-order valence-corrected chi connectivity index (χ3v) is 2.81. The molecule has 0 unspecified atom stereocenters. The Morgan fingerprint density at radius 1 is 1.07 bits per heavy atom. The minimum absolute atomic E-state index is 0.362. The molecule has 0 fully saturated rings. The standard InChI is InChI=1S/C4HCl5N2O4/c5-2(4(8,9)11(14)15)1-3(6,7)10(12)13/h1H/b2-1-. The zero-order chi connectivity index (χ0) is 12.4. The van der Waals surface area contributed by atoms with Gasteiger partial charge in [0.15, 0.2) is 0 Å². The molecule has 0 N–H and O–H groups in total. The van der Waals surface area contributed by atoms with Crippen molar-refractivity contribution in [2.45, 2.75) is 8.91 Å². The molecule has 0 radical (unpaired) electrons. The van der Waals surface area contributed by atoms with Gasteiger partial charge in [0.2, 0.25) is 0 Å². The van der Waals surface area contributed by atoms with Crippen LogP contribution in [-0.2, 0) is 0 Å². The van der Waals surface area contributed by atoms with E-state index in [0.29, 0.717) is 6.08 Å². The van der Waals surface area contributed by atoms with Gasteiger partial charge in [-0.2, -0.15) is 0 Å². The molecule has 0 aromatic carbocycles. The van der Waals surface area contributed by atoms with E-state index in [1.54, 1.807) is 0 Å². The second-order valence-corrected chi connectivity index (χ2v) is 5.18. The first-order valence-corrected chi connectivity index (χ1v) is 4.84. The zero-order valence-corrected chi connectivity index (χ0v) is 10.3. The number of alkyl halides is 4. The molecule has 0 aromatic heterocycles. The Hall–Kier alpha value is -0.0100. The lowest BCUT2D eigenvalue weighted by molar-refractivity contribution is -0.508. The van der Waals surface area contributed by atoms with Crippen molar-refractivity contribution in [3.8, 4) is 0 Å². The SMILES string of the molecule is O=[N+]([O-])C(Cl)(Cl)/C=C(\Cl)C(Cl)(Cl)[N+](=O)[O-]. The molecule has 0 atom stereocenters. The van der Waals surface area contributed by atoms with Crippen LogP contribution < -0.4 is 0 Å². The van der Waals surface area contributed by atoms with E-state index >= 15 is 0 Å². The predicted octanol–water partition coefficient (Wildman–Crippen LogP) is 2.93. The summed E-state index contributed by atoms with van der Waals surface area (Å²) in [7, 11) is 0. The van der Waals surface area contributed by atoms with E-state index in [2.05, 4.69) is 0 Å². The second kappa shape index (κ2) is 4.88. The summed E-state index contributed by atoms with van der Waals surface area (Å²) in [6.45, 7) is 0. The molecule has 86 valence electrons. The molecular weight excluding hydrogens is 317 g/mol. The largest absolute Gasteiger partial charge is 0.407 e. The number of nitro groups is 2. The molecule has 0 rings (SSSR count). The van der Waals surface area contributed by atoms with Crippen molar-refractivity contribution in [2.24, 2.45) is 0 Å². The van der Waals surface area contributed by atoms with Gasteiger partial charge in [0.05, 0.1) is 15.9 Å². The van der Waals surface area contributed by atoms with Crippen LogP contribution in [0.5, 0.6) is 0 Å². The van der Waals surface area contributed by atoms with Gasteiger partial charge in [0.25, 0.3) is 0 Å². The van der Waals surface area contributed by atoms with Crippen LogP contribution in [0, 0.1) is 20.2 Å². The lowest BCUT2D eigenvalue weighted by Gasteiger charge is -2.11. The summed E-state index contributed by atoms with van der Waals surface area (Å²) in [6.07, 6.45) is 0.362. The Bertz CT molecular complexity index is 327. The van der Waals surface area contributed by atoms with Crippen molar-refractivity contribution in [2.75, 3.05) is 0 Å². The van der Waals surface area contributed by atoms with Gasteiger partial charge in [-0.05, 0) is 46.4 Å². The van der Waals surface area contributed by atoms with Crippen LogP contribution in [0.3, 0.4) is 0 Å². The third-order valence-electron chi connectivity index (χ3n) is 1.06. The molecule has 0 amide bonds. The molecule has 0 heterocycles. The van der Waals surface area contributed by atoms with Crippen LogP contribution in [0.1, 0.15) is 0 Å². The summed E-state index contributed by atoms with van der Waals surface area (Å²) in [4.78, 5) is 18.2. The van der Waals surface area contributed by atoms with Gasteiger partial charge >= 0.3 is 8.91 Å². The average molecular weight is 318 g/mol. The van der Waals surface area contributed by atoms with E-state index in [0.717, 1.165) is 0 Å². The van der Waals surface area contributed by atoms with Crippen molar-refractivity contribution in [1.29, 1.82) is 0 Å². The fraction of sp³-hybridized carbons (Fsp3) is 0.500. The summed E-state index contributed by atoms with van der Waals surface area (Å²) in [5.41, 5.74) is 0. The molecule has 6 nitrogen and oxygen atoms in total. The summed E-state index contributed by atoms with van der Waals surface area (Å²) >= 11 is 25.9. The molecule has 0 aromatic rings. The Kier molecular flexibility index (Phi) is 4.88. The van der Waals surface area contributed by atoms with Crippen molar-refractivity contribution >= 4 is 58.0 Å². The highest BCUT2D eigenvalue weighted by atomic mass is 35.5. The van der Waals surface area contributed by atoms with Crippen LogP contribution in [0.4, 0.5) is 0 Å². The second-order valence-electron chi connectivity index (χ2n) is 2.14. The van der Waals surface area contributed by atoms with E-state index in [-0.39, 0.29) is 0 Å². The topological polar surface area (TPSA) is 86.3 Å². The Labute approximate surface area is 108 Å². The van der Waals surface area contributed by atoms with Crippen LogP contribution in [0.2, 0.25) is 0 Å². The number of nitrogens with zero attached hydrogens (tertiary/aromatic N) is 2. The highest BCUT2D eigenvalue weighted by molar-refractivity contribution is 6.55. The molecule has 11 heteroatoms. The molecule has 0 aliphatic carbocycles. The predicted molar refractivity (Wildman–Crippen MR) is 56.8 cm³/mol. The van der Waals surface area contributed by atoms with Gasteiger partial charge in [0, 0.05) is 0 Å². The molecule has 0 spiro atoms. The van der Waals surface area contributed by atoms with Crippen LogP contribution in [-0.4, -0.2) is 18.8 Å². The number of rotatable bonds is 4. The molecular formula is C4HCl5N2O4. The van der Waals surface area contributed by atoms with E-state index in [1.807, 2.05) is 0 Å². The van der Waals surface area contributed by atoms with Crippen molar-refractivity contribution < 1.29 is 9.85 Å². The maximum absolute atomic E-state index is 10.3. The third kappa shape index (κ3) is 3.81. The average Bonchev–Trinajstić information content (AvgIpc) is 2.02. The zero-order valence-electron chi connectivity index (χ0n) is 6.49. The molecule has 0 bridgehead atoms. The monoisotopic (exact) mass is 316 g/mol. The maximum atomic E-state index is 10.3. The minimum atomic E-state index is -2.73. The summed E-state index contributed by atoms with van der Waals surface area (Å²) in [5.74, 6) is 0. The van der Waals surface area contributed by atoms with Gasteiger partial charge in [-0.1, -0.05) is 11.6 Å². The number of halogens is 5. The fourth-order valence-electron chi connectivity index (χ4n) is 0.379. The first-order chi connectivity index (χ1) is 6.51. The van der Waals surface area contributed by atoms with Gasteiger partial charge in [-0.15, -0.1) is 0 Å². The normalized spacial score (nSPS) is 13.8. The molecule has 0 saturated heterocycles. The van der Waals surface area contributed by atoms with Crippen molar-refractivity contribution in [1.82, 2.24) is 0 Å². The summed E-state index contributed by atoms with van der Waals surface area (Å²) in [5, 5.41) is 19.6.